The Morgan fingerprint density at radius 3 is 2.95 bits per heavy atom. The molecule has 1 fully saturated rings. The molecule has 19 heavy (non-hydrogen) atoms. The Hall–Kier alpha value is -0.790. The van der Waals surface area contributed by atoms with Gasteiger partial charge in [-0.3, -0.25) is 9.59 Å². The Balaban J connectivity index is 2.18. The number of methoxy groups -OCH3 is 1. The second-order valence-corrected chi connectivity index (χ2v) is 5.91. The molecule has 0 spiro atoms. The van der Waals surface area contributed by atoms with Crippen LogP contribution in [0.1, 0.15) is 19.8 Å². The van der Waals surface area contributed by atoms with Crippen molar-refractivity contribution in [3.8, 4) is 0 Å². The van der Waals surface area contributed by atoms with Crippen molar-refractivity contribution in [3.63, 3.8) is 0 Å². The summed E-state index contributed by atoms with van der Waals surface area (Å²) in [6, 6.07) is 0. The number of hydrogen-bond acceptors (Lipinski definition) is 5. The summed E-state index contributed by atoms with van der Waals surface area (Å²) in [5, 5.41) is 12.7. The van der Waals surface area contributed by atoms with Gasteiger partial charge < -0.3 is 20.1 Å². The maximum atomic E-state index is 11.6. The fourth-order valence-electron chi connectivity index (χ4n) is 1.65. The minimum atomic E-state index is -0.967. The molecular formula is C12H22N2O4S. The Bertz CT molecular complexity index is 323. The fraction of sp³-hybridized carbons (Fsp3) is 0.833. The highest BCUT2D eigenvalue weighted by molar-refractivity contribution is 8.13. The van der Waals surface area contributed by atoms with Gasteiger partial charge in [0.25, 0.3) is 5.24 Å². The highest BCUT2D eigenvalue weighted by Crippen LogP contribution is 2.17. The zero-order valence-electron chi connectivity index (χ0n) is 11.5. The predicted molar refractivity (Wildman–Crippen MR) is 74.2 cm³/mol. The lowest BCUT2D eigenvalue weighted by Gasteiger charge is -2.23. The van der Waals surface area contributed by atoms with Gasteiger partial charge in [0.05, 0.1) is 5.60 Å². The van der Waals surface area contributed by atoms with Crippen molar-refractivity contribution in [1.29, 1.82) is 0 Å². The molecule has 1 unspecified atom stereocenters. The van der Waals surface area contributed by atoms with E-state index in [0.29, 0.717) is 26.1 Å². The molecule has 1 saturated heterocycles. The molecule has 0 aliphatic carbocycles. The first-order chi connectivity index (χ1) is 8.94. The van der Waals surface area contributed by atoms with Gasteiger partial charge in [-0.25, -0.2) is 0 Å². The largest absolute Gasteiger partial charge is 0.388 e. The van der Waals surface area contributed by atoms with E-state index in [2.05, 4.69) is 5.32 Å². The highest BCUT2D eigenvalue weighted by atomic mass is 32.2. The van der Waals surface area contributed by atoms with Gasteiger partial charge in [-0.15, -0.1) is 0 Å². The molecule has 0 saturated carbocycles. The van der Waals surface area contributed by atoms with Crippen molar-refractivity contribution in [2.75, 3.05) is 39.1 Å². The SMILES string of the molecule is COCCC(C)(O)CNC(=O)CCN1CCSC1=O. The van der Waals surface area contributed by atoms with Crippen LogP contribution in [-0.2, 0) is 9.53 Å². The van der Waals surface area contributed by atoms with Crippen molar-refractivity contribution in [3.05, 3.63) is 0 Å². The van der Waals surface area contributed by atoms with Crippen molar-refractivity contribution in [2.45, 2.75) is 25.4 Å². The second-order valence-electron chi connectivity index (χ2n) is 4.87. The lowest BCUT2D eigenvalue weighted by Crippen LogP contribution is -2.42. The number of rotatable bonds is 8. The Labute approximate surface area is 117 Å². The lowest BCUT2D eigenvalue weighted by atomic mass is 10.0. The fourth-order valence-corrected chi connectivity index (χ4v) is 2.50. The quantitative estimate of drug-likeness (QED) is 0.678. The first-order valence-corrected chi connectivity index (χ1v) is 7.33. The van der Waals surface area contributed by atoms with Crippen LogP contribution >= 0.6 is 11.8 Å². The molecule has 110 valence electrons. The van der Waals surface area contributed by atoms with Gasteiger partial charge in [0.15, 0.2) is 0 Å². The van der Waals surface area contributed by atoms with Gasteiger partial charge in [-0.05, 0) is 6.92 Å². The molecular weight excluding hydrogens is 268 g/mol. The normalized spacial score (nSPS) is 18.5. The molecule has 0 aromatic carbocycles. The molecule has 1 heterocycles. The Morgan fingerprint density at radius 2 is 2.37 bits per heavy atom. The van der Waals surface area contributed by atoms with Crippen LogP contribution in [0.25, 0.3) is 0 Å². The molecule has 0 radical (unpaired) electrons. The molecule has 6 nitrogen and oxygen atoms in total. The Morgan fingerprint density at radius 1 is 1.63 bits per heavy atom. The summed E-state index contributed by atoms with van der Waals surface area (Å²) in [5.74, 6) is 0.647. The number of amides is 2. The van der Waals surface area contributed by atoms with Crippen LogP contribution < -0.4 is 5.32 Å². The minimum Gasteiger partial charge on any atom is -0.388 e. The van der Waals surface area contributed by atoms with Crippen molar-refractivity contribution in [2.24, 2.45) is 0 Å². The molecule has 0 aromatic heterocycles. The topological polar surface area (TPSA) is 78.9 Å². The molecule has 1 aliphatic rings. The number of hydrogen-bond donors (Lipinski definition) is 2. The first-order valence-electron chi connectivity index (χ1n) is 6.34. The average molecular weight is 290 g/mol. The lowest BCUT2D eigenvalue weighted by molar-refractivity contribution is -0.122. The van der Waals surface area contributed by atoms with Crippen LogP contribution in [0.5, 0.6) is 0 Å². The van der Waals surface area contributed by atoms with Crippen molar-refractivity contribution in [1.82, 2.24) is 10.2 Å². The molecule has 0 aromatic rings. The third kappa shape index (κ3) is 6.26. The van der Waals surface area contributed by atoms with Gasteiger partial charge in [0, 0.05) is 51.9 Å². The second kappa shape index (κ2) is 7.72. The average Bonchev–Trinajstić information content (AvgIpc) is 2.77. The summed E-state index contributed by atoms with van der Waals surface area (Å²) in [5.41, 5.74) is -0.967. The van der Waals surface area contributed by atoms with Crippen LogP contribution in [-0.4, -0.2) is 65.9 Å². The standard InChI is InChI=1S/C12H22N2O4S/c1-12(17,4-7-18-2)9-13-10(15)3-5-14-6-8-19-11(14)16/h17H,3-9H2,1-2H3,(H,13,15). The molecule has 1 atom stereocenters. The van der Waals surface area contributed by atoms with E-state index in [4.69, 9.17) is 4.74 Å². The summed E-state index contributed by atoms with van der Waals surface area (Å²) >= 11 is 1.29. The van der Waals surface area contributed by atoms with Crippen LogP contribution in [0, 0.1) is 0 Å². The van der Waals surface area contributed by atoms with Crippen molar-refractivity contribution < 1.29 is 19.4 Å². The van der Waals surface area contributed by atoms with E-state index < -0.39 is 5.60 Å². The molecule has 1 rings (SSSR count). The molecule has 0 bridgehead atoms. The maximum Gasteiger partial charge on any atom is 0.281 e. The highest BCUT2D eigenvalue weighted by Gasteiger charge is 2.23. The van der Waals surface area contributed by atoms with Crippen LogP contribution in [0.15, 0.2) is 0 Å². The van der Waals surface area contributed by atoms with E-state index in [9.17, 15) is 14.7 Å². The third-order valence-electron chi connectivity index (χ3n) is 2.96. The number of carbonyl (C=O) groups is 2. The third-order valence-corrected chi connectivity index (χ3v) is 3.86. The van der Waals surface area contributed by atoms with E-state index >= 15 is 0 Å². The summed E-state index contributed by atoms with van der Waals surface area (Å²) < 4.78 is 4.89. The zero-order valence-corrected chi connectivity index (χ0v) is 12.3. The van der Waals surface area contributed by atoms with E-state index in [1.807, 2.05) is 0 Å². The first kappa shape index (κ1) is 16.3. The molecule has 1 aliphatic heterocycles. The van der Waals surface area contributed by atoms with Gasteiger partial charge in [-0.1, -0.05) is 11.8 Å². The smallest absolute Gasteiger partial charge is 0.281 e. The predicted octanol–water partition coefficient (Wildman–Crippen LogP) is 0.449. The summed E-state index contributed by atoms with van der Waals surface area (Å²) in [6.45, 7) is 3.45. The van der Waals surface area contributed by atoms with E-state index in [1.54, 1.807) is 18.9 Å². The van der Waals surface area contributed by atoms with Crippen molar-refractivity contribution >= 4 is 22.9 Å². The Kier molecular flexibility index (Phi) is 6.60. The minimum absolute atomic E-state index is 0.0416. The van der Waals surface area contributed by atoms with Crippen LogP contribution in [0.4, 0.5) is 4.79 Å². The van der Waals surface area contributed by atoms with Gasteiger partial charge in [0.2, 0.25) is 5.91 Å². The number of ether oxygens (including phenoxy) is 1. The van der Waals surface area contributed by atoms with Gasteiger partial charge >= 0.3 is 0 Å². The maximum absolute atomic E-state index is 11.6. The molecule has 2 N–H and O–H groups in total. The monoisotopic (exact) mass is 290 g/mol. The summed E-state index contributed by atoms with van der Waals surface area (Å²) in [7, 11) is 1.57. The molecule has 2 amide bonds. The van der Waals surface area contributed by atoms with E-state index in [1.165, 1.54) is 11.8 Å². The van der Waals surface area contributed by atoms with E-state index in [0.717, 1.165) is 5.75 Å². The van der Waals surface area contributed by atoms with Crippen LogP contribution in [0.3, 0.4) is 0 Å². The summed E-state index contributed by atoms with van der Waals surface area (Å²) in [4.78, 5) is 24.6. The van der Waals surface area contributed by atoms with Gasteiger partial charge in [0.1, 0.15) is 0 Å². The van der Waals surface area contributed by atoms with E-state index in [-0.39, 0.29) is 24.1 Å². The zero-order chi connectivity index (χ0) is 14.3. The molecule has 7 heteroatoms. The number of carbonyl (C=O) groups excluding carboxylic acids is 2. The number of nitrogens with zero attached hydrogens (tertiary/aromatic N) is 1. The number of aliphatic hydroxyl groups is 1. The van der Waals surface area contributed by atoms with Crippen LogP contribution in [0.2, 0.25) is 0 Å². The van der Waals surface area contributed by atoms with Gasteiger partial charge in [-0.2, -0.15) is 0 Å². The number of nitrogens with one attached hydrogen (secondary N) is 1. The number of thioether (sulfide) groups is 1. The summed E-state index contributed by atoms with van der Waals surface area (Å²) in [6.07, 6.45) is 0.734.